The Hall–Kier alpha value is -3.07. The molecule has 0 aliphatic heterocycles. The number of hydrogen-bond acceptors (Lipinski definition) is 4. The summed E-state index contributed by atoms with van der Waals surface area (Å²) in [5.41, 5.74) is 1.94. The summed E-state index contributed by atoms with van der Waals surface area (Å²) in [7, 11) is 0. The van der Waals surface area contributed by atoms with Gasteiger partial charge in [0.15, 0.2) is 0 Å². The average Bonchev–Trinajstić information content (AvgIpc) is 2.62. The van der Waals surface area contributed by atoms with Gasteiger partial charge in [0, 0.05) is 18.7 Å². The molecule has 6 nitrogen and oxygen atoms in total. The molecule has 136 valence electrons. The number of carbonyl (C=O) groups is 1. The molecule has 6 heteroatoms. The van der Waals surface area contributed by atoms with Crippen molar-refractivity contribution in [3.05, 3.63) is 63.1 Å². The van der Waals surface area contributed by atoms with E-state index in [1.54, 1.807) is 13.8 Å². The molecule has 0 saturated heterocycles. The van der Waals surface area contributed by atoms with Crippen molar-refractivity contribution < 1.29 is 9.53 Å². The molecule has 0 fully saturated rings. The third-order valence-corrected chi connectivity index (χ3v) is 4.18. The monoisotopic (exact) mass is 353 g/mol. The van der Waals surface area contributed by atoms with Crippen molar-refractivity contribution in [2.24, 2.45) is 0 Å². The van der Waals surface area contributed by atoms with Crippen molar-refractivity contribution >= 4 is 5.91 Å². The number of benzene rings is 1. The van der Waals surface area contributed by atoms with Gasteiger partial charge in [-0.05, 0) is 49.9 Å². The van der Waals surface area contributed by atoms with Crippen LogP contribution in [0.3, 0.4) is 0 Å². The van der Waals surface area contributed by atoms with Gasteiger partial charge in [-0.15, -0.1) is 0 Å². The first-order chi connectivity index (χ1) is 12.5. The van der Waals surface area contributed by atoms with Gasteiger partial charge >= 0.3 is 0 Å². The van der Waals surface area contributed by atoms with Gasteiger partial charge in [0.05, 0.1) is 6.61 Å². The highest BCUT2D eigenvalue weighted by molar-refractivity contribution is 5.76. The van der Waals surface area contributed by atoms with E-state index in [4.69, 9.17) is 10.00 Å². The Balaban J connectivity index is 1.76. The third-order valence-electron chi connectivity index (χ3n) is 4.18. The SMILES string of the molecule is Cc1[nH]c(=O)c(C#N)c(C)c1CCC(=O)NCCCOc1ccccc1. The summed E-state index contributed by atoms with van der Waals surface area (Å²) in [6, 6.07) is 11.5. The fourth-order valence-corrected chi connectivity index (χ4v) is 2.75. The zero-order valence-corrected chi connectivity index (χ0v) is 15.1. The van der Waals surface area contributed by atoms with Gasteiger partial charge in [0.25, 0.3) is 5.56 Å². The molecule has 0 aliphatic rings. The predicted molar refractivity (Wildman–Crippen MR) is 99.1 cm³/mol. The number of aryl methyl sites for hydroxylation is 1. The van der Waals surface area contributed by atoms with Crippen LogP contribution in [0.15, 0.2) is 35.1 Å². The van der Waals surface area contributed by atoms with E-state index in [9.17, 15) is 9.59 Å². The molecular weight excluding hydrogens is 330 g/mol. The standard InChI is InChI=1S/C20H23N3O3/c1-14-17(15(2)23-20(25)18(14)13-21)9-10-19(24)22-11-6-12-26-16-7-4-3-5-8-16/h3-5,7-8H,6,9-12H2,1-2H3,(H,22,24)(H,23,25). The van der Waals surface area contributed by atoms with E-state index in [0.29, 0.717) is 37.3 Å². The molecule has 0 aliphatic carbocycles. The van der Waals surface area contributed by atoms with Gasteiger partial charge in [0.2, 0.25) is 5.91 Å². The van der Waals surface area contributed by atoms with Crippen molar-refractivity contribution in [3.8, 4) is 11.8 Å². The van der Waals surface area contributed by atoms with Crippen LogP contribution in [0.1, 0.15) is 35.2 Å². The number of ether oxygens (including phenoxy) is 1. The zero-order valence-electron chi connectivity index (χ0n) is 15.1. The van der Waals surface area contributed by atoms with Gasteiger partial charge in [-0.1, -0.05) is 18.2 Å². The lowest BCUT2D eigenvalue weighted by molar-refractivity contribution is -0.121. The highest BCUT2D eigenvalue weighted by atomic mass is 16.5. The molecule has 0 saturated carbocycles. The number of aromatic nitrogens is 1. The van der Waals surface area contributed by atoms with Gasteiger partial charge in [-0.25, -0.2) is 0 Å². The van der Waals surface area contributed by atoms with Gasteiger partial charge in [-0.2, -0.15) is 5.26 Å². The summed E-state index contributed by atoms with van der Waals surface area (Å²) in [6.45, 7) is 4.60. The molecule has 0 spiro atoms. The minimum atomic E-state index is -0.380. The van der Waals surface area contributed by atoms with E-state index in [-0.39, 0.29) is 17.0 Å². The molecule has 2 aromatic rings. The second-order valence-corrected chi connectivity index (χ2v) is 6.03. The molecule has 2 N–H and O–H groups in total. The number of nitrogens with zero attached hydrogens (tertiary/aromatic N) is 1. The Morgan fingerprint density at radius 3 is 2.69 bits per heavy atom. The number of H-pyrrole nitrogens is 1. The minimum absolute atomic E-state index is 0.0618. The molecular formula is C20H23N3O3. The number of nitriles is 1. The van der Waals surface area contributed by atoms with Crippen LogP contribution in [0.5, 0.6) is 5.75 Å². The fraction of sp³-hybridized carbons (Fsp3) is 0.350. The average molecular weight is 353 g/mol. The predicted octanol–water partition coefficient (Wildman–Crippen LogP) is 2.38. The summed E-state index contributed by atoms with van der Waals surface area (Å²) in [6.07, 6.45) is 1.50. The van der Waals surface area contributed by atoms with Gasteiger partial charge in [0.1, 0.15) is 17.4 Å². The lowest BCUT2D eigenvalue weighted by Gasteiger charge is -2.11. The summed E-state index contributed by atoms with van der Waals surface area (Å²) < 4.78 is 5.57. The quantitative estimate of drug-likeness (QED) is 0.712. The van der Waals surface area contributed by atoms with Crippen LogP contribution >= 0.6 is 0 Å². The second-order valence-electron chi connectivity index (χ2n) is 6.03. The number of amides is 1. The van der Waals surface area contributed by atoms with E-state index >= 15 is 0 Å². The normalized spacial score (nSPS) is 10.2. The van der Waals surface area contributed by atoms with E-state index in [1.165, 1.54) is 0 Å². The topological polar surface area (TPSA) is 95.0 Å². The van der Waals surface area contributed by atoms with Gasteiger partial charge in [-0.3, -0.25) is 9.59 Å². The molecule has 2 rings (SSSR count). The highest BCUT2D eigenvalue weighted by Crippen LogP contribution is 2.14. The van der Waals surface area contributed by atoms with E-state index in [2.05, 4.69) is 10.3 Å². The zero-order chi connectivity index (χ0) is 18.9. The Bertz CT molecular complexity index is 851. The van der Waals surface area contributed by atoms with Crippen molar-refractivity contribution in [1.29, 1.82) is 5.26 Å². The first kappa shape index (κ1) is 19.3. The Morgan fingerprint density at radius 2 is 2.00 bits per heavy atom. The van der Waals surface area contributed by atoms with Crippen molar-refractivity contribution in [2.45, 2.75) is 33.1 Å². The summed E-state index contributed by atoms with van der Waals surface area (Å²) in [5.74, 6) is 0.754. The van der Waals surface area contributed by atoms with Crippen molar-refractivity contribution in [2.75, 3.05) is 13.2 Å². The van der Waals surface area contributed by atoms with Crippen LogP contribution in [0, 0.1) is 25.2 Å². The number of carbonyl (C=O) groups excluding carboxylic acids is 1. The number of rotatable bonds is 8. The van der Waals surface area contributed by atoms with E-state index in [0.717, 1.165) is 17.7 Å². The molecule has 26 heavy (non-hydrogen) atoms. The molecule has 0 atom stereocenters. The number of hydrogen-bond donors (Lipinski definition) is 2. The second kappa shape index (κ2) is 9.42. The van der Waals surface area contributed by atoms with Crippen LogP contribution in [0.25, 0.3) is 0 Å². The summed E-state index contributed by atoms with van der Waals surface area (Å²) in [5, 5.41) is 11.9. The Kier molecular flexibility index (Phi) is 6.98. The van der Waals surface area contributed by atoms with Crippen LogP contribution in [0.4, 0.5) is 0 Å². The molecule has 0 bridgehead atoms. The minimum Gasteiger partial charge on any atom is -0.494 e. The maximum absolute atomic E-state index is 12.0. The first-order valence-electron chi connectivity index (χ1n) is 8.60. The Morgan fingerprint density at radius 1 is 1.27 bits per heavy atom. The Labute approximate surface area is 152 Å². The first-order valence-corrected chi connectivity index (χ1v) is 8.60. The molecule has 1 aromatic heterocycles. The maximum Gasteiger partial charge on any atom is 0.266 e. The largest absolute Gasteiger partial charge is 0.494 e. The van der Waals surface area contributed by atoms with Crippen LogP contribution in [-0.2, 0) is 11.2 Å². The van der Waals surface area contributed by atoms with Gasteiger partial charge < -0.3 is 15.0 Å². The van der Waals surface area contributed by atoms with E-state index in [1.807, 2.05) is 36.4 Å². The maximum atomic E-state index is 12.0. The summed E-state index contributed by atoms with van der Waals surface area (Å²) in [4.78, 5) is 26.4. The lowest BCUT2D eigenvalue weighted by atomic mass is 9.99. The molecule has 1 aromatic carbocycles. The number of pyridine rings is 1. The molecule has 1 amide bonds. The number of nitrogens with one attached hydrogen (secondary N) is 2. The highest BCUT2D eigenvalue weighted by Gasteiger charge is 2.13. The smallest absolute Gasteiger partial charge is 0.266 e. The van der Waals surface area contributed by atoms with Crippen LogP contribution in [-0.4, -0.2) is 24.0 Å². The fourth-order valence-electron chi connectivity index (χ4n) is 2.75. The van der Waals surface area contributed by atoms with Crippen molar-refractivity contribution in [1.82, 2.24) is 10.3 Å². The van der Waals surface area contributed by atoms with Crippen molar-refractivity contribution in [3.63, 3.8) is 0 Å². The molecule has 0 radical (unpaired) electrons. The van der Waals surface area contributed by atoms with Crippen LogP contribution in [0.2, 0.25) is 0 Å². The number of para-hydroxylation sites is 1. The van der Waals surface area contributed by atoms with Crippen LogP contribution < -0.4 is 15.6 Å². The molecule has 0 unspecified atom stereocenters. The third kappa shape index (κ3) is 5.21. The van der Waals surface area contributed by atoms with E-state index < -0.39 is 0 Å². The number of aromatic amines is 1. The lowest BCUT2D eigenvalue weighted by Crippen LogP contribution is -2.26. The summed E-state index contributed by atoms with van der Waals surface area (Å²) >= 11 is 0. The molecule has 1 heterocycles.